The van der Waals surface area contributed by atoms with Crippen LogP contribution in [0.2, 0.25) is 0 Å². The van der Waals surface area contributed by atoms with Crippen molar-refractivity contribution in [1.82, 2.24) is 15.3 Å². The molecule has 2 heterocycles. The van der Waals surface area contributed by atoms with Gasteiger partial charge in [-0.3, -0.25) is 19.7 Å². The van der Waals surface area contributed by atoms with Gasteiger partial charge in [-0.05, 0) is 54.8 Å². The quantitative estimate of drug-likeness (QED) is 0.0330. The Balaban J connectivity index is 1.13. The van der Waals surface area contributed by atoms with Gasteiger partial charge in [0.25, 0.3) is 5.91 Å². The number of fused-ring (bicyclic) bond motifs is 2. The summed E-state index contributed by atoms with van der Waals surface area (Å²) in [6.45, 7) is 0.565. The van der Waals surface area contributed by atoms with E-state index in [-0.39, 0.29) is 68.5 Å². The Hall–Kier alpha value is -6.97. The van der Waals surface area contributed by atoms with Gasteiger partial charge in [-0.25, -0.2) is 18.6 Å². The second-order valence-corrected chi connectivity index (χ2v) is 11.9. The van der Waals surface area contributed by atoms with Crippen LogP contribution in [0, 0.1) is 21.7 Å². The van der Waals surface area contributed by atoms with Crippen molar-refractivity contribution in [3.8, 4) is 28.2 Å². The van der Waals surface area contributed by atoms with Crippen molar-refractivity contribution < 1.29 is 37.9 Å². The van der Waals surface area contributed by atoms with E-state index in [1.54, 1.807) is 12.1 Å². The van der Waals surface area contributed by atoms with Gasteiger partial charge in [-0.15, -0.1) is 0 Å². The number of aromatic hydroxyl groups is 1. The maximum Gasteiger partial charge on any atom is 0.335 e. The third-order valence-corrected chi connectivity index (χ3v) is 8.30. The van der Waals surface area contributed by atoms with Crippen LogP contribution in [0.15, 0.2) is 88.2 Å². The van der Waals surface area contributed by atoms with Crippen LogP contribution in [0.5, 0.6) is 5.75 Å². The van der Waals surface area contributed by atoms with E-state index in [4.69, 9.17) is 4.42 Å². The van der Waals surface area contributed by atoms with Crippen LogP contribution < -0.4 is 21.4 Å². The zero-order valence-corrected chi connectivity index (χ0v) is 27.7. The molecule has 2 aliphatic rings. The third kappa shape index (κ3) is 8.01. The van der Waals surface area contributed by atoms with Gasteiger partial charge in [0.15, 0.2) is 17.4 Å². The van der Waals surface area contributed by atoms with E-state index in [0.717, 1.165) is 36.5 Å². The van der Waals surface area contributed by atoms with Crippen LogP contribution in [0.4, 0.5) is 31.9 Å². The van der Waals surface area contributed by atoms with Crippen molar-refractivity contribution in [1.29, 1.82) is 0 Å². The molecule has 0 atom stereocenters. The Morgan fingerprint density at radius 3 is 2.40 bits per heavy atom. The molecule has 0 radical (unpaired) electrons. The Morgan fingerprint density at radius 2 is 1.66 bits per heavy atom. The number of para-hydroxylation sites is 1. The standard InChI is InChI=1S/C37H30F2N6O8/c38-26-15-24-31(17-29(26)46)53-32-18-30(47)27(39)16-25(32)33(24)22-11-10-20(36(49)50)14-23(22)35(48)41-13-7-2-1-6-12-40-34-28(45(51)52)19-42-37(44-34)43-21-8-4-3-5-9-21/h3-5,8-11,14-19,46H,1-2,6-7,12-13H2,(H,41,48)(H,49,50)(H2,40,42,43,44). The molecular weight excluding hydrogens is 694 g/mol. The zero-order valence-electron chi connectivity index (χ0n) is 27.7. The van der Waals surface area contributed by atoms with Crippen molar-refractivity contribution >= 4 is 46.0 Å². The Bertz CT molecular complexity index is 2390. The molecule has 0 saturated heterocycles. The number of aromatic nitrogens is 2. The van der Waals surface area contributed by atoms with Crippen molar-refractivity contribution in [3.63, 3.8) is 0 Å². The first-order chi connectivity index (χ1) is 25.5. The molecule has 4 aromatic rings. The molecule has 0 unspecified atom stereocenters. The number of hydrogen-bond donors (Lipinski definition) is 5. The molecular formula is C37H30F2N6O8. The molecule has 6 rings (SSSR count). The highest BCUT2D eigenvalue weighted by Crippen LogP contribution is 2.43. The fourth-order valence-corrected chi connectivity index (χ4v) is 5.73. The number of hydrogen-bond acceptors (Lipinski definition) is 11. The van der Waals surface area contributed by atoms with Crippen LogP contribution in [0.3, 0.4) is 0 Å². The molecule has 53 heavy (non-hydrogen) atoms. The van der Waals surface area contributed by atoms with Gasteiger partial charge in [0.05, 0.1) is 10.5 Å². The Morgan fingerprint density at radius 1 is 0.906 bits per heavy atom. The number of halogens is 2. The largest absolute Gasteiger partial charge is 0.505 e. The number of benzene rings is 4. The van der Waals surface area contributed by atoms with Crippen LogP contribution in [-0.4, -0.2) is 50.1 Å². The van der Waals surface area contributed by atoms with Gasteiger partial charge < -0.3 is 30.6 Å². The molecule has 270 valence electrons. The second-order valence-electron chi connectivity index (χ2n) is 11.9. The number of phenols is 1. The summed E-state index contributed by atoms with van der Waals surface area (Å²) in [6.07, 6.45) is 3.62. The fourth-order valence-electron chi connectivity index (χ4n) is 5.73. The summed E-state index contributed by atoms with van der Waals surface area (Å²) in [5.41, 5.74) is -0.732. The highest BCUT2D eigenvalue weighted by molar-refractivity contribution is 6.10. The highest BCUT2D eigenvalue weighted by Gasteiger charge is 2.25. The summed E-state index contributed by atoms with van der Waals surface area (Å²) in [6, 6.07) is 16.5. The molecule has 0 spiro atoms. The normalized spacial score (nSPS) is 11.1. The fraction of sp³-hybridized carbons (Fsp3) is 0.162. The van der Waals surface area contributed by atoms with Crippen LogP contribution in [0.25, 0.3) is 33.4 Å². The van der Waals surface area contributed by atoms with Gasteiger partial charge in [-0.1, -0.05) is 37.1 Å². The number of nitrogens with zero attached hydrogens (tertiary/aromatic N) is 3. The summed E-state index contributed by atoms with van der Waals surface area (Å²) < 4.78 is 34.9. The molecule has 0 saturated carbocycles. The predicted octanol–water partition coefficient (Wildman–Crippen LogP) is 7.09. The maximum atomic E-state index is 14.6. The average Bonchev–Trinajstić information content (AvgIpc) is 3.13. The van der Waals surface area contributed by atoms with Crippen LogP contribution >= 0.6 is 0 Å². The lowest BCUT2D eigenvalue weighted by Crippen LogP contribution is -2.25. The number of carbonyl (C=O) groups excluding carboxylic acids is 1. The van der Waals surface area contributed by atoms with E-state index in [1.165, 1.54) is 12.1 Å². The molecule has 1 aromatic heterocycles. The summed E-state index contributed by atoms with van der Waals surface area (Å²) in [7, 11) is 0. The van der Waals surface area contributed by atoms with Crippen LogP contribution in [0.1, 0.15) is 46.4 Å². The van der Waals surface area contributed by atoms with E-state index < -0.39 is 39.6 Å². The summed E-state index contributed by atoms with van der Waals surface area (Å²) in [4.78, 5) is 56.8. The van der Waals surface area contributed by atoms with E-state index in [9.17, 15) is 43.5 Å². The minimum absolute atomic E-state index is 0.0152. The number of amides is 1. The number of phenolic OH excluding ortho intramolecular Hbond substituents is 1. The first-order valence-corrected chi connectivity index (χ1v) is 16.3. The van der Waals surface area contributed by atoms with Gasteiger partial charge in [-0.2, -0.15) is 4.98 Å². The summed E-state index contributed by atoms with van der Waals surface area (Å²) in [5.74, 6) is -4.73. The Labute approximate surface area is 298 Å². The first-order valence-electron chi connectivity index (χ1n) is 16.3. The summed E-state index contributed by atoms with van der Waals surface area (Å²) >= 11 is 0. The smallest absolute Gasteiger partial charge is 0.335 e. The molecule has 1 amide bonds. The number of aromatic carboxylic acids is 1. The van der Waals surface area contributed by atoms with Gasteiger partial charge >= 0.3 is 11.7 Å². The van der Waals surface area contributed by atoms with E-state index in [1.807, 2.05) is 18.2 Å². The zero-order chi connectivity index (χ0) is 37.6. The van der Waals surface area contributed by atoms with Gasteiger partial charge in [0.1, 0.15) is 17.5 Å². The van der Waals surface area contributed by atoms with Crippen LogP contribution in [-0.2, 0) is 0 Å². The topological polar surface area (TPSA) is 210 Å². The lowest BCUT2D eigenvalue weighted by molar-refractivity contribution is -0.384. The SMILES string of the molecule is O=C(O)c1ccc(-c2c3cc(F)c(=O)cc-3oc3cc(O)c(F)cc23)c(C(=O)NCCCCCCNc2nc(Nc3ccccc3)ncc2[N+](=O)[O-])c1. The van der Waals surface area contributed by atoms with E-state index in [0.29, 0.717) is 37.9 Å². The predicted molar refractivity (Wildman–Crippen MR) is 191 cm³/mol. The molecule has 5 N–H and O–H groups in total. The third-order valence-electron chi connectivity index (χ3n) is 8.30. The molecule has 3 aromatic carbocycles. The average molecular weight is 725 g/mol. The highest BCUT2D eigenvalue weighted by atomic mass is 19.1. The van der Waals surface area contributed by atoms with Gasteiger partial charge in [0.2, 0.25) is 17.2 Å². The number of rotatable bonds is 14. The monoisotopic (exact) mass is 724 g/mol. The molecule has 1 aliphatic carbocycles. The van der Waals surface area contributed by atoms with E-state index in [2.05, 4.69) is 25.9 Å². The second kappa shape index (κ2) is 15.5. The van der Waals surface area contributed by atoms with Crippen molar-refractivity contribution in [2.75, 3.05) is 23.7 Å². The maximum absolute atomic E-state index is 14.6. The number of anilines is 3. The lowest BCUT2D eigenvalue weighted by Gasteiger charge is -2.18. The number of carboxylic acid groups (broad SMARTS) is 1. The van der Waals surface area contributed by atoms with E-state index >= 15 is 0 Å². The minimum Gasteiger partial charge on any atom is -0.505 e. The molecule has 0 fully saturated rings. The number of nitro groups is 1. The van der Waals surface area contributed by atoms with Crippen molar-refractivity contribution in [3.05, 3.63) is 122 Å². The number of nitrogens with one attached hydrogen (secondary N) is 3. The molecule has 14 nitrogen and oxygen atoms in total. The minimum atomic E-state index is -1.31. The number of unbranched alkanes of at least 4 members (excludes halogenated alkanes) is 3. The number of carboxylic acids is 1. The molecule has 1 aliphatic heterocycles. The summed E-state index contributed by atoms with van der Waals surface area (Å²) in [5, 5.41) is 40.0. The number of carbonyl (C=O) groups is 2. The molecule has 0 bridgehead atoms. The lowest BCUT2D eigenvalue weighted by atomic mass is 9.89. The van der Waals surface area contributed by atoms with Crippen molar-refractivity contribution in [2.45, 2.75) is 25.7 Å². The Kier molecular flexibility index (Phi) is 10.5. The van der Waals surface area contributed by atoms with Gasteiger partial charge in [0, 0.05) is 53.0 Å². The molecule has 16 heteroatoms. The van der Waals surface area contributed by atoms with Crippen molar-refractivity contribution in [2.24, 2.45) is 0 Å². The first kappa shape index (κ1) is 35.8.